The third kappa shape index (κ3) is 3.26. The molecule has 0 fully saturated rings. The van der Waals surface area contributed by atoms with Crippen LogP contribution in [0.2, 0.25) is 0 Å². The zero-order chi connectivity index (χ0) is 12.0. The van der Waals surface area contributed by atoms with Crippen molar-refractivity contribution in [1.82, 2.24) is 0 Å². The SMILES string of the molecule is Cc1c(CCCF)ccc(CCCF)c1F. The Labute approximate surface area is 94.5 Å². The van der Waals surface area contributed by atoms with E-state index in [1.54, 1.807) is 13.0 Å². The number of aryl methyl sites for hydroxylation is 2. The van der Waals surface area contributed by atoms with Crippen LogP contribution >= 0.6 is 0 Å². The fourth-order valence-electron chi connectivity index (χ4n) is 1.76. The lowest BCUT2D eigenvalue weighted by Gasteiger charge is -2.09. The zero-order valence-electron chi connectivity index (χ0n) is 9.53. The van der Waals surface area contributed by atoms with Crippen LogP contribution in [0, 0.1) is 12.7 Å². The van der Waals surface area contributed by atoms with E-state index in [4.69, 9.17) is 0 Å². The summed E-state index contributed by atoms with van der Waals surface area (Å²) in [7, 11) is 0. The first-order valence-corrected chi connectivity index (χ1v) is 5.59. The Morgan fingerprint density at radius 3 is 2.00 bits per heavy atom. The van der Waals surface area contributed by atoms with Gasteiger partial charge in [0, 0.05) is 0 Å². The van der Waals surface area contributed by atoms with E-state index >= 15 is 0 Å². The van der Waals surface area contributed by atoms with Gasteiger partial charge in [-0.05, 0) is 49.3 Å². The standard InChI is InChI=1S/C13H17F3/c1-10-11(4-2-8-14)6-7-12(13(10)16)5-3-9-15/h6-7H,2-5,8-9H2,1H3. The van der Waals surface area contributed by atoms with Crippen molar-refractivity contribution in [2.24, 2.45) is 0 Å². The highest BCUT2D eigenvalue weighted by Crippen LogP contribution is 2.19. The van der Waals surface area contributed by atoms with E-state index in [1.165, 1.54) is 0 Å². The van der Waals surface area contributed by atoms with E-state index in [2.05, 4.69) is 0 Å². The van der Waals surface area contributed by atoms with Crippen molar-refractivity contribution in [2.75, 3.05) is 13.3 Å². The predicted octanol–water partition coefficient (Wildman–Crippen LogP) is 3.94. The summed E-state index contributed by atoms with van der Waals surface area (Å²) in [4.78, 5) is 0. The average molecular weight is 230 g/mol. The Balaban J connectivity index is 2.81. The lowest BCUT2D eigenvalue weighted by molar-refractivity contribution is 0.467. The van der Waals surface area contributed by atoms with Crippen molar-refractivity contribution >= 4 is 0 Å². The van der Waals surface area contributed by atoms with E-state index in [-0.39, 0.29) is 12.5 Å². The molecule has 0 aromatic heterocycles. The minimum atomic E-state index is -0.428. The summed E-state index contributed by atoms with van der Waals surface area (Å²) < 4.78 is 37.8. The van der Waals surface area contributed by atoms with E-state index in [0.717, 1.165) is 5.56 Å². The molecule has 90 valence electrons. The molecule has 1 aromatic carbocycles. The minimum Gasteiger partial charge on any atom is -0.251 e. The van der Waals surface area contributed by atoms with Gasteiger partial charge in [0.1, 0.15) is 5.82 Å². The van der Waals surface area contributed by atoms with Crippen LogP contribution in [0.25, 0.3) is 0 Å². The molecule has 0 aliphatic rings. The molecule has 0 saturated heterocycles. The zero-order valence-corrected chi connectivity index (χ0v) is 9.53. The fourth-order valence-corrected chi connectivity index (χ4v) is 1.76. The van der Waals surface area contributed by atoms with Crippen molar-refractivity contribution in [3.05, 3.63) is 34.6 Å². The summed E-state index contributed by atoms with van der Waals surface area (Å²) in [5.41, 5.74) is 1.98. The Hall–Kier alpha value is -0.990. The van der Waals surface area contributed by atoms with Crippen LogP contribution in [0.4, 0.5) is 13.2 Å². The second kappa shape index (κ2) is 6.56. The van der Waals surface area contributed by atoms with Crippen molar-refractivity contribution < 1.29 is 13.2 Å². The van der Waals surface area contributed by atoms with Crippen LogP contribution in [-0.2, 0) is 12.8 Å². The number of hydrogen-bond acceptors (Lipinski definition) is 0. The number of halogens is 3. The maximum absolute atomic E-state index is 13.8. The molecule has 0 spiro atoms. The van der Waals surface area contributed by atoms with Crippen LogP contribution in [0.5, 0.6) is 0 Å². The fraction of sp³-hybridized carbons (Fsp3) is 0.538. The largest absolute Gasteiger partial charge is 0.251 e. The van der Waals surface area contributed by atoms with E-state index in [1.807, 2.05) is 6.07 Å². The summed E-state index contributed by atoms with van der Waals surface area (Å²) in [5, 5.41) is 0. The first-order valence-electron chi connectivity index (χ1n) is 5.59. The van der Waals surface area contributed by atoms with Crippen molar-refractivity contribution in [3.63, 3.8) is 0 Å². The predicted molar refractivity (Wildman–Crippen MR) is 59.7 cm³/mol. The molecular formula is C13H17F3. The average Bonchev–Trinajstić information content (AvgIpc) is 2.30. The molecule has 0 unspecified atom stereocenters. The van der Waals surface area contributed by atoms with Crippen LogP contribution in [0.1, 0.15) is 29.5 Å². The molecule has 0 aliphatic carbocycles. The summed E-state index contributed by atoms with van der Waals surface area (Å²) in [6.45, 7) is 0.884. The Bertz CT molecular complexity index is 301. The first kappa shape index (κ1) is 13.1. The molecule has 0 radical (unpaired) electrons. The van der Waals surface area contributed by atoms with Crippen LogP contribution < -0.4 is 0 Å². The number of benzene rings is 1. The van der Waals surface area contributed by atoms with Gasteiger partial charge in [0.2, 0.25) is 0 Å². The van der Waals surface area contributed by atoms with E-state index < -0.39 is 6.67 Å². The highest BCUT2D eigenvalue weighted by atomic mass is 19.1. The molecule has 1 rings (SSSR count). The molecular weight excluding hydrogens is 213 g/mol. The Kier molecular flexibility index (Phi) is 5.36. The maximum Gasteiger partial charge on any atom is 0.129 e. The van der Waals surface area contributed by atoms with Gasteiger partial charge in [-0.25, -0.2) is 4.39 Å². The number of rotatable bonds is 6. The molecule has 0 amide bonds. The van der Waals surface area contributed by atoms with Gasteiger partial charge in [0.05, 0.1) is 13.3 Å². The lowest BCUT2D eigenvalue weighted by atomic mass is 9.98. The van der Waals surface area contributed by atoms with Crippen molar-refractivity contribution in [2.45, 2.75) is 32.6 Å². The number of hydrogen-bond donors (Lipinski definition) is 0. The highest BCUT2D eigenvalue weighted by molar-refractivity contribution is 5.33. The van der Waals surface area contributed by atoms with E-state index in [9.17, 15) is 13.2 Å². The minimum absolute atomic E-state index is 0.259. The molecule has 0 nitrogen and oxygen atoms in total. The molecule has 0 heterocycles. The van der Waals surface area contributed by atoms with Gasteiger partial charge in [0.15, 0.2) is 0 Å². The molecule has 0 saturated carbocycles. The third-order valence-electron chi connectivity index (χ3n) is 2.74. The van der Waals surface area contributed by atoms with Crippen LogP contribution in [0.3, 0.4) is 0 Å². The molecule has 16 heavy (non-hydrogen) atoms. The molecule has 0 aliphatic heterocycles. The smallest absolute Gasteiger partial charge is 0.129 e. The Morgan fingerprint density at radius 2 is 1.44 bits per heavy atom. The van der Waals surface area contributed by atoms with Gasteiger partial charge in [-0.3, -0.25) is 8.78 Å². The number of alkyl halides is 2. The van der Waals surface area contributed by atoms with Gasteiger partial charge in [0.25, 0.3) is 0 Å². The summed E-state index contributed by atoms with van der Waals surface area (Å²) in [5.74, 6) is -0.259. The van der Waals surface area contributed by atoms with Crippen molar-refractivity contribution in [1.29, 1.82) is 0 Å². The van der Waals surface area contributed by atoms with E-state index in [0.29, 0.717) is 36.8 Å². The molecule has 0 N–H and O–H groups in total. The highest BCUT2D eigenvalue weighted by Gasteiger charge is 2.09. The first-order chi connectivity index (χ1) is 7.70. The van der Waals surface area contributed by atoms with Gasteiger partial charge in [-0.15, -0.1) is 0 Å². The van der Waals surface area contributed by atoms with Crippen molar-refractivity contribution in [3.8, 4) is 0 Å². The Morgan fingerprint density at radius 1 is 0.938 bits per heavy atom. The monoisotopic (exact) mass is 230 g/mol. The summed E-state index contributed by atoms with van der Waals surface area (Å²) in [6.07, 6.45) is 1.75. The summed E-state index contributed by atoms with van der Waals surface area (Å²) in [6, 6.07) is 3.51. The van der Waals surface area contributed by atoms with Gasteiger partial charge in [-0.1, -0.05) is 12.1 Å². The summed E-state index contributed by atoms with van der Waals surface area (Å²) >= 11 is 0. The molecule has 0 bridgehead atoms. The second-order valence-corrected chi connectivity index (χ2v) is 3.91. The molecule has 1 aromatic rings. The van der Waals surface area contributed by atoms with Crippen LogP contribution in [0.15, 0.2) is 12.1 Å². The second-order valence-electron chi connectivity index (χ2n) is 3.91. The van der Waals surface area contributed by atoms with Gasteiger partial charge in [-0.2, -0.15) is 0 Å². The third-order valence-corrected chi connectivity index (χ3v) is 2.74. The van der Waals surface area contributed by atoms with Crippen LogP contribution in [-0.4, -0.2) is 13.3 Å². The van der Waals surface area contributed by atoms with Gasteiger partial charge >= 0.3 is 0 Å². The lowest BCUT2D eigenvalue weighted by Crippen LogP contribution is -2.00. The quantitative estimate of drug-likeness (QED) is 0.694. The maximum atomic E-state index is 13.8. The topological polar surface area (TPSA) is 0 Å². The van der Waals surface area contributed by atoms with Gasteiger partial charge < -0.3 is 0 Å². The molecule has 3 heteroatoms. The normalized spacial score (nSPS) is 10.8. The molecule has 0 atom stereocenters.